The van der Waals surface area contributed by atoms with E-state index in [1.54, 1.807) is 18.6 Å². The van der Waals surface area contributed by atoms with Crippen LogP contribution in [0, 0.1) is 0 Å². The number of nitrogens with zero attached hydrogens (tertiary/aromatic N) is 2. The standard InChI is InChI=1S/C14H16BrN3/c1-10(12-4-3-5-13(15)8-12)18-11(2)14-9-16-6-7-17-14/h3-11,18H,1-2H3/t10-,11?/m0/s1. The first-order valence-corrected chi connectivity index (χ1v) is 6.73. The van der Waals surface area contributed by atoms with Crippen LogP contribution < -0.4 is 5.32 Å². The van der Waals surface area contributed by atoms with Gasteiger partial charge in [-0.1, -0.05) is 28.1 Å². The lowest BCUT2D eigenvalue weighted by Crippen LogP contribution is -2.23. The van der Waals surface area contributed by atoms with Crippen molar-refractivity contribution in [2.45, 2.75) is 25.9 Å². The van der Waals surface area contributed by atoms with Gasteiger partial charge in [0.05, 0.1) is 5.69 Å². The van der Waals surface area contributed by atoms with Crippen LogP contribution in [-0.2, 0) is 0 Å². The molecule has 1 unspecified atom stereocenters. The summed E-state index contributed by atoms with van der Waals surface area (Å²) in [6.07, 6.45) is 5.20. The van der Waals surface area contributed by atoms with Crippen molar-refractivity contribution in [3.63, 3.8) is 0 Å². The summed E-state index contributed by atoms with van der Waals surface area (Å²) in [7, 11) is 0. The Hall–Kier alpha value is -1.26. The fraction of sp³-hybridized carbons (Fsp3) is 0.286. The molecule has 0 aliphatic heterocycles. The molecule has 0 aliphatic carbocycles. The summed E-state index contributed by atoms with van der Waals surface area (Å²) >= 11 is 3.49. The minimum absolute atomic E-state index is 0.174. The molecule has 1 heterocycles. The van der Waals surface area contributed by atoms with Crippen molar-refractivity contribution >= 4 is 15.9 Å². The van der Waals surface area contributed by atoms with E-state index in [1.165, 1.54) is 5.56 Å². The summed E-state index contributed by atoms with van der Waals surface area (Å²) in [5.74, 6) is 0. The lowest BCUT2D eigenvalue weighted by atomic mass is 10.1. The number of hydrogen-bond donors (Lipinski definition) is 1. The minimum atomic E-state index is 0.174. The fourth-order valence-corrected chi connectivity index (χ4v) is 2.28. The molecule has 0 spiro atoms. The average molecular weight is 306 g/mol. The van der Waals surface area contributed by atoms with Gasteiger partial charge in [0, 0.05) is 35.1 Å². The SMILES string of the molecule is CC(N[C@@H](C)c1cccc(Br)c1)c1cnccn1. The first-order valence-electron chi connectivity index (χ1n) is 5.94. The molecular weight excluding hydrogens is 290 g/mol. The van der Waals surface area contributed by atoms with Crippen LogP contribution in [0.25, 0.3) is 0 Å². The van der Waals surface area contributed by atoms with Crippen LogP contribution in [-0.4, -0.2) is 9.97 Å². The van der Waals surface area contributed by atoms with Gasteiger partial charge in [0.25, 0.3) is 0 Å². The quantitative estimate of drug-likeness (QED) is 0.937. The predicted octanol–water partition coefficient (Wildman–Crippen LogP) is 3.65. The van der Waals surface area contributed by atoms with Crippen molar-refractivity contribution < 1.29 is 0 Å². The summed E-state index contributed by atoms with van der Waals surface area (Å²) in [5, 5.41) is 3.52. The van der Waals surface area contributed by atoms with Crippen LogP contribution in [0.5, 0.6) is 0 Å². The highest BCUT2D eigenvalue weighted by molar-refractivity contribution is 9.10. The molecule has 0 radical (unpaired) electrons. The Kier molecular flexibility index (Phi) is 4.44. The van der Waals surface area contributed by atoms with Crippen molar-refractivity contribution in [2.75, 3.05) is 0 Å². The van der Waals surface area contributed by atoms with Crippen molar-refractivity contribution in [2.24, 2.45) is 0 Å². The molecule has 2 aromatic rings. The molecule has 0 amide bonds. The molecule has 0 saturated carbocycles. The summed E-state index contributed by atoms with van der Waals surface area (Å²) in [6, 6.07) is 8.76. The van der Waals surface area contributed by atoms with E-state index in [1.807, 2.05) is 12.1 Å². The molecule has 18 heavy (non-hydrogen) atoms. The number of aromatic nitrogens is 2. The molecule has 3 nitrogen and oxygen atoms in total. The summed E-state index contributed by atoms with van der Waals surface area (Å²) in [4.78, 5) is 8.40. The number of benzene rings is 1. The van der Waals surface area contributed by atoms with E-state index < -0.39 is 0 Å². The largest absolute Gasteiger partial charge is 0.302 e. The number of halogens is 1. The second kappa shape index (κ2) is 6.07. The van der Waals surface area contributed by atoms with E-state index in [2.05, 4.69) is 57.2 Å². The van der Waals surface area contributed by atoms with Crippen LogP contribution in [0.1, 0.15) is 37.2 Å². The molecule has 0 saturated heterocycles. The van der Waals surface area contributed by atoms with E-state index >= 15 is 0 Å². The maximum atomic E-state index is 4.31. The van der Waals surface area contributed by atoms with E-state index in [-0.39, 0.29) is 12.1 Å². The third-order valence-corrected chi connectivity index (χ3v) is 3.37. The minimum Gasteiger partial charge on any atom is -0.302 e. The van der Waals surface area contributed by atoms with Crippen LogP contribution in [0.15, 0.2) is 47.3 Å². The monoisotopic (exact) mass is 305 g/mol. The molecule has 1 N–H and O–H groups in total. The van der Waals surface area contributed by atoms with Crippen molar-refractivity contribution in [3.05, 3.63) is 58.6 Å². The van der Waals surface area contributed by atoms with Gasteiger partial charge < -0.3 is 5.32 Å². The zero-order chi connectivity index (χ0) is 13.0. The number of nitrogens with one attached hydrogen (secondary N) is 1. The van der Waals surface area contributed by atoms with E-state index in [0.717, 1.165) is 10.2 Å². The maximum absolute atomic E-state index is 4.31. The van der Waals surface area contributed by atoms with Gasteiger partial charge in [-0.3, -0.25) is 9.97 Å². The Bertz CT molecular complexity index is 501. The Morgan fingerprint density at radius 1 is 1.17 bits per heavy atom. The molecule has 94 valence electrons. The Labute approximate surface area is 116 Å². The van der Waals surface area contributed by atoms with Gasteiger partial charge in [-0.05, 0) is 31.5 Å². The van der Waals surface area contributed by atoms with Crippen molar-refractivity contribution in [1.29, 1.82) is 0 Å². The predicted molar refractivity (Wildman–Crippen MR) is 76.1 cm³/mol. The molecule has 0 bridgehead atoms. The van der Waals surface area contributed by atoms with Crippen LogP contribution in [0.2, 0.25) is 0 Å². The van der Waals surface area contributed by atoms with E-state index in [4.69, 9.17) is 0 Å². The Morgan fingerprint density at radius 3 is 2.67 bits per heavy atom. The van der Waals surface area contributed by atoms with Gasteiger partial charge >= 0.3 is 0 Å². The lowest BCUT2D eigenvalue weighted by molar-refractivity contribution is 0.485. The second-order valence-corrected chi connectivity index (χ2v) is 5.21. The highest BCUT2D eigenvalue weighted by Gasteiger charge is 2.12. The average Bonchev–Trinajstić information content (AvgIpc) is 2.39. The summed E-state index contributed by atoms with van der Waals surface area (Å²) in [5.41, 5.74) is 2.21. The van der Waals surface area contributed by atoms with Gasteiger partial charge in [-0.25, -0.2) is 0 Å². The zero-order valence-electron chi connectivity index (χ0n) is 10.5. The molecule has 0 aliphatic rings. The first kappa shape index (κ1) is 13.2. The van der Waals surface area contributed by atoms with Gasteiger partial charge in [0.2, 0.25) is 0 Å². The van der Waals surface area contributed by atoms with Gasteiger partial charge in [0.1, 0.15) is 0 Å². The second-order valence-electron chi connectivity index (χ2n) is 4.30. The Morgan fingerprint density at radius 2 is 2.00 bits per heavy atom. The molecule has 2 rings (SSSR count). The van der Waals surface area contributed by atoms with Crippen molar-refractivity contribution in [1.82, 2.24) is 15.3 Å². The zero-order valence-corrected chi connectivity index (χ0v) is 12.1. The van der Waals surface area contributed by atoms with Crippen LogP contribution in [0.3, 0.4) is 0 Å². The third-order valence-electron chi connectivity index (χ3n) is 2.88. The molecule has 0 fully saturated rings. The molecule has 4 heteroatoms. The fourth-order valence-electron chi connectivity index (χ4n) is 1.87. The van der Waals surface area contributed by atoms with Gasteiger partial charge in [-0.15, -0.1) is 0 Å². The summed E-state index contributed by atoms with van der Waals surface area (Å²) < 4.78 is 1.10. The number of hydrogen-bond acceptors (Lipinski definition) is 3. The molecular formula is C14H16BrN3. The topological polar surface area (TPSA) is 37.8 Å². The third kappa shape index (κ3) is 3.37. The highest BCUT2D eigenvalue weighted by atomic mass is 79.9. The first-order chi connectivity index (χ1) is 8.66. The molecule has 2 atom stereocenters. The normalized spacial score (nSPS) is 14.2. The molecule has 1 aromatic carbocycles. The van der Waals surface area contributed by atoms with Crippen LogP contribution in [0.4, 0.5) is 0 Å². The number of rotatable bonds is 4. The van der Waals surface area contributed by atoms with Crippen molar-refractivity contribution in [3.8, 4) is 0 Å². The van der Waals surface area contributed by atoms with E-state index in [0.29, 0.717) is 0 Å². The Balaban J connectivity index is 2.05. The van der Waals surface area contributed by atoms with E-state index in [9.17, 15) is 0 Å². The van der Waals surface area contributed by atoms with Gasteiger partial charge in [-0.2, -0.15) is 0 Å². The molecule has 1 aromatic heterocycles. The smallest absolute Gasteiger partial charge is 0.0753 e. The lowest BCUT2D eigenvalue weighted by Gasteiger charge is -2.20. The van der Waals surface area contributed by atoms with Crippen LogP contribution >= 0.6 is 15.9 Å². The maximum Gasteiger partial charge on any atom is 0.0753 e. The van der Waals surface area contributed by atoms with Gasteiger partial charge in [0.15, 0.2) is 0 Å². The highest BCUT2D eigenvalue weighted by Crippen LogP contribution is 2.20. The summed E-state index contributed by atoms with van der Waals surface area (Å²) in [6.45, 7) is 4.24.